The fourth-order valence-electron chi connectivity index (χ4n) is 2.06. The Balaban J connectivity index is 2.30. The number of hydrogen-bond acceptors (Lipinski definition) is 7. The highest BCUT2D eigenvalue weighted by atomic mass is 16.5. The second kappa shape index (κ2) is 5.00. The van der Waals surface area contributed by atoms with E-state index in [1.165, 1.54) is 20.5 Å². The predicted octanol–water partition coefficient (Wildman–Crippen LogP) is 0.497. The van der Waals surface area contributed by atoms with Gasteiger partial charge in [0.2, 0.25) is 0 Å². The van der Waals surface area contributed by atoms with Crippen LogP contribution in [0.4, 0.5) is 5.82 Å². The predicted molar refractivity (Wildman–Crippen MR) is 67.6 cm³/mol. The smallest absolute Gasteiger partial charge is 0.360 e. The molecule has 1 aromatic heterocycles. The second-order valence-corrected chi connectivity index (χ2v) is 4.58. The molecule has 2 heterocycles. The molecule has 0 bridgehead atoms. The van der Waals surface area contributed by atoms with Crippen LogP contribution in [0.5, 0.6) is 5.75 Å². The van der Waals surface area contributed by atoms with Gasteiger partial charge in [-0.15, -0.1) is 0 Å². The molecule has 0 unspecified atom stereocenters. The molecule has 7 nitrogen and oxygen atoms in total. The molecule has 0 aliphatic carbocycles. The quantitative estimate of drug-likeness (QED) is 0.735. The monoisotopic (exact) mass is 267 g/mol. The third kappa shape index (κ3) is 2.33. The van der Waals surface area contributed by atoms with E-state index in [1.807, 2.05) is 11.8 Å². The van der Waals surface area contributed by atoms with E-state index in [1.54, 1.807) is 7.11 Å². The SMILES string of the molecule is COC(=O)c1ncnc(N2CC(C)(OC)C2)c1OC. The molecule has 104 valence electrons. The zero-order valence-electron chi connectivity index (χ0n) is 11.5. The highest BCUT2D eigenvalue weighted by Gasteiger charge is 2.41. The first-order valence-corrected chi connectivity index (χ1v) is 5.82. The van der Waals surface area contributed by atoms with E-state index in [0.29, 0.717) is 24.7 Å². The average Bonchev–Trinajstić information content (AvgIpc) is 2.42. The second-order valence-electron chi connectivity index (χ2n) is 4.58. The third-order valence-corrected chi connectivity index (χ3v) is 3.21. The number of ether oxygens (including phenoxy) is 3. The molecule has 19 heavy (non-hydrogen) atoms. The summed E-state index contributed by atoms with van der Waals surface area (Å²) in [6.45, 7) is 3.37. The highest BCUT2D eigenvalue weighted by Crippen LogP contribution is 2.35. The van der Waals surface area contributed by atoms with Crippen molar-refractivity contribution in [2.45, 2.75) is 12.5 Å². The van der Waals surface area contributed by atoms with Crippen LogP contribution < -0.4 is 9.64 Å². The number of esters is 1. The molecule has 1 saturated heterocycles. The van der Waals surface area contributed by atoms with Gasteiger partial charge in [-0.2, -0.15) is 0 Å². The molecule has 0 amide bonds. The zero-order valence-corrected chi connectivity index (χ0v) is 11.5. The summed E-state index contributed by atoms with van der Waals surface area (Å²) in [4.78, 5) is 21.7. The Morgan fingerprint density at radius 1 is 1.32 bits per heavy atom. The van der Waals surface area contributed by atoms with Crippen LogP contribution in [0.25, 0.3) is 0 Å². The zero-order chi connectivity index (χ0) is 14.0. The largest absolute Gasteiger partial charge is 0.491 e. The van der Waals surface area contributed by atoms with Gasteiger partial charge in [0.1, 0.15) is 6.33 Å². The normalized spacial score (nSPS) is 16.7. The van der Waals surface area contributed by atoms with E-state index in [9.17, 15) is 4.79 Å². The molecule has 1 fully saturated rings. The Labute approximate surface area is 111 Å². The molecule has 1 aromatic rings. The van der Waals surface area contributed by atoms with Crippen molar-refractivity contribution in [3.8, 4) is 5.75 Å². The molecule has 1 aliphatic rings. The maximum absolute atomic E-state index is 11.6. The first-order chi connectivity index (χ1) is 9.04. The molecule has 0 saturated carbocycles. The molecule has 0 spiro atoms. The van der Waals surface area contributed by atoms with Crippen LogP contribution in [-0.2, 0) is 9.47 Å². The van der Waals surface area contributed by atoms with Gasteiger partial charge in [0.25, 0.3) is 0 Å². The number of rotatable bonds is 4. The van der Waals surface area contributed by atoms with Crippen molar-refractivity contribution in [2.75, 3.05) is 39.3 Å². The van der Waals surface area contributed by atoms with Crippen molar-refractivity contribution < 1.29 is 19.0 Å². The van der Waals surface area contributed by atoms with E-state index in [0.717, 1.165) is 0 Å². The number of nitrogens with zero attached hydrogens (tertiary/aromatic N) is 3. The summed E-state index contributed by atoms with van der Waals surface area (Å²) in [5, 5.41) is 0. The maximum atomic E-state index is 11.6. The summed E-state index contributed by atoms with van der Waals surface area (Å²) < 4.78 is 15.3. The molecule has 0 radical (unpaired) electrons. The topological polar surface area (TPSA) is 73.8 Å². The van der Waals surface area contributed by atoms with Crippen molar-refractivity contribution in [3.63, 3.8) is 0 Å². The molecule has 0 atom stereocenters. The summed E-state index contributed by atoms with van der Waals surface area (Å²) in [5.41, 5.74) is -0.0671. The molecular weight excluding hydrogens is 250 g/mol. The Bertz CT molecular complexity index is 486. The first kappa shape index (κ1) is 13.5. The molecule has 7 heteroatoms. The lowest BCUT2D eigenvalue weighted by Gasteiger charge is -2.47. The minimum Gasteiger partial charge on any atom is -0.491 e. The van der Waals surface area contributed by atoms with E-state index in [-0.39, 0.29) is 11.3 Å². The van der Waals surface area contributed by atoms with E-state index in [4.69, 9.17) is 9.47 Å². The van der Waals surface area contributed by atoms with Crippen LogP contribution in [0, 0.1) is 0 Å². The number of anilines is 1. The van der Waals surface area contributed by atoms with Crippen LogP contribution >= 0.6 is 0 Å². The lowest BCUT2D eigenvalue weighted by atomic mass is 9.96. The number of carbonyl (C=O) groups excluding carboxylic acids is 1. The van der Waals surface area contributed by atoms with Gasteiger partial charge < -0.3 is 19.1 Å². The summed E-state index contributed by atoms with van der Waals surface area (Å²) in [6, 6.07) is 0. The minimum absolute atomic E-state index is 0.126. The minimum atomic E-state index is -0.546. The lowest BCUT2D eigenvalue weighted by molar-refractivity contribution is -0.0173. The van der Waals surface area contributed by atoms with Crippen LogP contribution in [0.2, 0.25) is 0 Å². The number of aromatic nitrogens is 2. The molecular formula is C12H17N3O4. The Morgan fingerprint density at radius 2 is 2.00 bits per heavy atom. The Morgan fingerprint density at radius 3 is 2.53 bits per heavy atom. The standard InChI is InChI=1S/C12H17N3O4/c1-12(19-4)5-15(6-12)10-9(17-2)8(11(16)18-3)13-7-14-10/h7H,5-6H2,1-4H3. The van der Waals surface area contributed by atoms with Crippen molar-refractivity contribution in [2.24, 2.45) is 0 Å². The van der Waals surface area contributed by atoms with Gasteiger partial charge in [-0.3, -0.25) is 0 Å². The lowest BCUT2D eigenvalue weighted by Crippen LogP contribution is -2.61. The van der Waals surface area contributed by atoms with E-state index >= 15 is 0 Å². The van der Waals surface area contributed by atoms with Gasteiger partial charge in [-0.05, 0) is 6.92 Å². The van der Waals surface area contributed by atoms with Gasteiger partial charge >= 0.3 is 5.97 Å². The number of hydrogen-bond donors (Lipinski definition) is 0. The van der Waals surface area contributed by atoms with Crippen molar-refractivity contribution in [1.82, 2.24) is 9.97 Å². The first-order valence-electron chi connectivity index (χ1n) is 5.82. The highest BCUT2D eigenvalue weighted by molar-refractivity contribution is 5.92. The van der Waals surface area contributed by atoms with Gasteiger partial charge in [-0.1, -0.05) is 0 Å². The van der Waals surface area contributed by atoms with Crippen LogP contribution in [0.1, 0.15) is 17.4 Å². The summed E-state index contributed by atoms with van der Waals surface area (Å²) in [6.07, 6.45) is 1.33. The van der Waals surface area contributed by atoms with Gasteiger partial charge in [0.15, 0.2) is 17.3 Å². The number of carbonyl (C=O) groups is 1. The third-order valence-electron chi connectivity index (χ3n) is 3.21. The van der Waals surface area contributed by atoms with Crippen LogP contribution in [0.3, 0.4) is 0 Å². The van der Waals surface area contributed by atoms with Crippen LogP contribution in [0.15, 0.2) is 6.33 Å². The van der Waals surface area contributed by atoms with Crippen molar-refractivity contribution in [1.29, 1.82) is 0 Å². The average molecular weight is 267 g/mol. The fourth-order valence-corrected chi connectivity index (χ4v) is 2.06. The van der Waals surface area contributed by atoms with Crippen LogP contribution in [-0.4, -0.2) is 56.0 Å². The summed E-state index contributed by atoms with van der Waals surface area (Å²) in [5.74, 6) is 0.357. The molecule has 1 aliphatic heterocycles. The number of methoxy groups -OCH3 is 3. The maximum Gasteiger partial charge on any atom is 0.360 e. The van der Waals surface area contributed by atoms with Crippen molar-refractivity contribution >= 4 is 11.8 Å². The molecule has 0 N–H and O–H groups in total. The van der Waals surface area contributed by atoms with Crippen molar-refractivity contribution in [3.05, 3.63) is 12.0 Å². The Kier molecular flexibility index (Phi) is 3.57. The fraction of sp³-hybridized carbons (Fsp3) is 0.583. The van der Waals surface area contributed by atoms with Gasteiger partial charge in [0.05, 0.1) is 32.9 Å². The molecule has 0 aromatic carbocycles. The summed E-state index contributed by atoms with van der Waals surface area (Å²) >= 11 is 0. The summed E-state index contributed by atoms with van der Waals surface area (Å²) in [7, 11) is 4.45. The Hall–Kier alpha value is -1.89. The van der Waals surface area contributed by atoms with E-state index in [2.05, 4.69) is 14.7 Å². The molecule has 2 rings (SSSR count). The van der Waals surface area contributed by atoms with Gasteiger partial charge in [0, 0.05) is 7.11 Å². The van der Waals surface area contributed by atoms with E-state index < -0.39 is 5.97 Å². The van der Waals surface area contributed by atoms with Gasteiger partial charge in [-0.25, -0.2) is 14.8 Å².